The molecular formula is C9H6BrN2O. The average Bonchev–Trinajstić information content (AvgIpc) is 2.08. The molecule has 0 fully saturated rings. The Bertz CT molecular complexity index is 382. The first kappa shape index (κ1) is 9.75. The largest absolute Gasteiger partial charge is 0.366 e. The summed E-state index contributed by atoms with van der Waals surface area (Å²) >= 11 is 3.20. The second-order valence-electron chi connectivity index (χ2n) is 2.35. The van der Waals surface area contributed by atoms with Gasteiger partial charge in [-0.3, -0.25) is 4.79 Å². The summed E-state index contributed by atoms with van der Waals surface area (Å²) in [6.45, 7) is 0. The van der Waals surface area contributed by atoms with Crippen LogP contribution < -0.4 is 5.73 Å². The van der Waals surface area contributed by atoms with Gasteiger partial charge in [0.15, 0.2) is 0 Å². The zero-order chi connectivity index (χ0) is 9.84. The maximum absolute atomic E-state index is 10.9. The zero-order valence-electron chi connectivity index (χ0n) is 6.62. The van der Waals surface area contributed by atoms with E-state index in [9.17, 15) is 4.79 Å². The van der Waals surface area contributed by atoms with E-state index in [0.29, 0.717) is 15.6 Å². The van der Waals surface area contributed by atoms with Crippen molar-refractivity contribution in [1.29, 1.82) is 5.26 Å². The molecule has 65 valence electrons. The summed E-state index contributed by atoms with van der Waals surface area (Å²) in [5.41, 5.74) is 6.14. The van der Waals surface area contributed by atoms with Gasteiger partial charge in [0.1, 0.15) is 0 Å². The maximum atomic E-state index is 10.9. The highest BCUT2D eigenvalue weighted by Gasteiger charge is 2.09. The number of hydrogen-bond acceptors (Lipinski definition) is 2. The number of rotatable bonds is 2. The molecular weight excluding hydrogens is 232 g/mol. The summed E-state index contributed by atoms with van der Waals surface area (Å²) < 4.78 is 0.559. The molecule has 0 bridgehead atoms. The van der Waals surface area contributed by atoms with Gasteiger partial charge in [-0.25, -0.2) is 0 Å². The van der Waals surface area contributed by atoms with Crippen molar-refractivity contribution < 1.29 is 4.79 Å². The highest BCUT2D eigenvalue weighted by atomic mass is 79.9. The SMILES string of the molecule is N#C[CH]c1cccc(C(N)=O)c1Br. The number of hydrogen-bond donors (Lipinski definition) is 1. The zero-order valence-corrected chi connectivity index (χ0v) is 8.21. The molecule has 1 aromatic carbocycles. The lowest BCUT2D eigenvalue weighted by Crippen LogP contribution is -2.12. The Hall–Kier alpha value is -1.34. The minimum atomic E-state index is -0.514. The van der Waals surface area contributed by atoms with Gasteiger partial charge in [0.2, 0.25) is 5.91 Å². The standard InChI is InChI=1S/C9H6BrN2O/c10-8-6(4-5-11)2-1-3-7(8)9(12)13/h1-4H,(H2,12,13). The van der Waals surface area contributed by atoms with Gasteiger partial charge in [0.05, 0.1) is 18.1 Å². The number of nitriles is 1. The van der Waals surface area contributed by atoms with Crippen LogP contribution in [0.15, 0.2) is 22.7 Å². The molecule has 0 saturated carbocycles. The molecule has 0 aliphatic carbocycles. The fourth-order valence-corrected chi connectivity index (χ4v) is 1.50. The molecule has 4 heteroatoms. The van der Waals surface area contributed by atoms with Gasteiger partial charge in [0.25, 0.3) is 0 Å². The Balaban J connectivity index is 3.20. The Morgan fingerprint density at radius 3 is 2.85 bits per heavy atom. The van der Waals surface area contributed by atoms with Gasteiger partial charge in [-0.1, -0.05) is 12.1 Å². The lowest BCUT2D eigenvalue weighted by molar-refractivity contribution is 0.0999. The van der Waals surface area contributed by atoms with Crippen molar-refractivity contribution in [1.82, 2.24) is 0 Å². The third-order valence-corrected chi connectivity index (χ3v) is 2.40. The highest BCUT2D eigenvalue weighted by Crippen LogP contribution is 2.22. The van der Waals surface area contributed by atoms with Crippen LogP contribution >= 0.6 is 15.9 Å². The first-order valence-electron chi connectivity index (χ1n) is 3.48. The van der Waals surface area contributed by atoms with Crippen molar-refractivity contribution in [3.63, 3.8) is 0 Å². The number of primary amides is 1. The smallest absolute Gasteiger partial charge is 0.249 e. The summed E-state index contributed by atoms with van der Waals surface area (Å²) in [6, 6.07) is 6.88. The fourth-order valence-electron chi connectivity index (χ4n) is 0.921. The molecule has 2 N–H and O–H groups in total. The Labute approximate surface area is 84.3 Å². The van der Waals surface area contributed by atoms with E-state index < -0.39 is 5.91 Å². The summed E-state index contributed by atoms with van der Waals surface area (Å²) in [6.07, 6.45) is 1.34. The average molecular weight is 238 g/mol. The van der Waals surface area contributed by atoms with E-state index in [-0.39, 0.29) is 0 Å². The van der Waals surface area contributed by atoms with E-state index >= 15 is 0 Å². The van der Waals surface area contributed by atoms with Crippen LogP contribution in [-0.4, -0.2) is 5.91 Å². The van der Waals surface area contributed by atoms with E-state index in [0.717, 1.165) is 0 Å². The third kappa shape index (κ3) is 2.07. The molecule has 0 aliphatic rings. The molecule has 3 nitrogen and oxygen atoms in total. The monoisotopic (exact) mass is 237 g/mol. The van der Waals surface area contributed by atoms with E-state index in [4.69, 9.17) is 11.0 Å². The predicted molar refractivity (Wildman–Crippen MR) is 51.7 cm³/mol. The van der Waals surface area contributed by atoms with Crippen LogP contribution in [-0.2, 0) is 0 Å². The summed E-state index contributed by atoms with van der Waals surface area (Å²) in [5, 5.41) is 8.43. The van der Waals surface area contributed by atoms with Crippen LogP contribution in [0, 0.1) is 17.8 Å². The number of benzene rings is 1. The van der Waals surface area contributed by atoms with Crippen molar-refractivity contribution in [2.75, 3.05) is 0 Å². The minimum Gasteiger partial charge on any atom is -0.366 e. The molecule has 0 heterocycles. The third-order valence-electron chi connectivity index (χ3n) is 1.51. The van der Waals surface area contributed by atoms with E-state index in [1.54, 1.807) is 18.2 Å². The van der Waals surface area contributed by atoms with Crippen molar-refractivity contribution in [3.8, 4) is 6.07 Å². The van der Waals surface area contributed by atoms with Gasteiger partial charge in [0, 0.05) is 4.47 Å². The van der Waals surface area contributed by atoms with E-state index in [1.807, 2.05) is 6.07 Å². The van der Waals surface area contributed by atoms with Crippen molar-refractivity contribution >= 4 is 21.8 Å². The van der Waals surface area contributed by atoms with Crippen molar-refractivity contribution in [3.05, 3.63) is 40.2 Å². The summed E-state index contributed by atoms with van der Waals surface area (Å²) in [7, 11) is 0. The molecule has 0 unspecified atom stereocenters. The lowest BCUT2D eigenvalue weighted by Gasteiger charge is -2.02. The second-order valence-corrected chi connectivity index (χ2v) is 3.14. The quantitative estimate of drug-likeness (QED) is 0.850. The maximum Gasteiger partial charge on any atom is 0.249 e. The molecule has 0 aromatic heterocycles. The van der Waals surface area contributed by atoms with Crippen LogP contribution in [0.5, 0.6) is 0 Å². The number of amides is 1. The Morgan fingerprint density at radius 2 is 2.31 bits per heavy atom. The van der Waals surface area contributed by atoms with Crippen LogP contribution in [0.2, 0.25) is 0 Å². The van der Waals surface area contributed by atoms with Crippen LogP contribution in [0.3, 0.4) is 0 Å². The Morgan fingerprint density at radius 1 is 1.62 bits per heavy atom. The van der Waals surface area contributed by atoms with Gasteiger partial charge in [-0.15, -0.1) is 0 Å². The Kier molecular flexibility index (Phi) is 3.04. The summed E-state index contributed by atoms with van der Waals surface area (Å²) in [4.78, 5) is 10.9. The number of carbonyl (C=O) groups excluding carboxylic acids is 1. The van der Waals surface area contributed by atoms with Gasteiger partial charge < -0.3 is 5.73 Å². The van der Waals surface area contributed by atoms with Crippen molar-refractivity contribution in [2.45, 2.75) is 0 Å². The first-order valence-corrected chi connectivity index (χ1v) is 4.27. The van der Waals surface area contributed by atoms with Crippen LogP contribution in [0.25, 0.3) is 0 Å². The van der Waals surface area contributed by atoms with Gasteiger partial charge in [-0.05, 0) is 27.6 Å². The van der Waals surface area contributed by atoms with Crippen LogP contribution in [0.1, 0.15) is 15.9 Å². The van der Waals surface area contributed by atoms with Crippen molar-refractivity contribution in [2.24, 2.45) is 5.73 Å². The van der Waals surface area contributed by atoms with Crippen LogP contribution in [0.4, 0.5) is 0 Å². The van der Waals surface area contributed by atoms with E-state index in [2.05, 4.69) is 15.9 Å². The molecule has 1 aromatic rings. The second kappa shape index (κ2) is 4.06. The molecule has 0 saturated heterocycles. The number of carbonyl (C=O) groups is 1. The molecule has 0 aliphatic heterocycles. The molecule has 0 spiro atoms. The minimum absolute atomic E-state index is 0.379. The molecule has 1 radical (unpaired) electrons. The first-order chi connectivity index (χ1) is 6.16. The predicted octanol–water partition coefficient (Wildman–Crippen LogP) is 1.62. The normalized spacial score (nSPS) is 9.23. The number of halogens is 1. The fraction of sp³-hybridized carbons (Fsp3) is 0. The lowest BCUT2D eigenvalue weighted by atomic mass is 10.1. The topological polar surface area (TPSA) is 66.9 Å². The molecule has 13 heavy (non-hydrogen) atoms. The van der Waals surface area contributed by atoms with Gasteiger partial charge in [-0.2, -0.15) is 5.26 Å². The molecule has 0 atom stereocenters. The number of nitrogens with two attached hydrogens (primary N) is 1. The molecule has 1 amide bonds. The number of nitrogens with zero attached hydrogens (tertiary/aromatic N) is 1. The molecule has 1 rings (SSSR count). The van der Waals surface area contributed by atoms with E-state index in [1.165, 1.54) is 6.42 Å². The summed E-state index contributed by atoms with van der Waals surface area (Å²) in [5.74, 6) is -0.514. The van der Waals surface area contributed by atoms with Gasteiger partial charge >= 0.3 is 0 Å². The highest BCUT2D eigenvalue weighted by molar-refractivity contribution is 9.10.